The highest BCUT2D eigenvalue weighted by Gasteiger charge is 2.13. The summed E-state index contributed by atoms with van der Waals surface area (Å²) in [5.41, 5.74) is 3.63. The average molecular weight is 467 g/mol. The Bertz CT molecular complexity index is 984. The van der Waals surface area contributed by atoms with Crippen molar-refractivity contribution in [2.75, 3.05) is 25.1 Å². The summed E-state index contributed by atoms with van der Waals surface area (Å²) in [6, 6.07) is 13.3. The lowest BCUT2D eigenvalue weighted by Gasteiger charge is -2.20. The first-order valence-electron chi connectivity index (χ1n) is 12.2. The van der Waals surface area contributed by atoms with Crippen LogP contribution in [0.25, 0.3) is 17.2 Å². The van der Waals surface area contributed by atoms with Crippen molar-refractivity contribution in [1.29, 1.82) is 0 Å². The lowest BCUT2D eigenvalue weighted by molar-refractivity contribution is -0.132. The molecule has 184 valence electrons. The van der Waals surface area contributed by atoms with E-state index in [0.717, 1.165) is 41.6 Å². The third-order valence-corrected chi connectivity index (χ3v) is 5.59. The Hall–Kier alpha value is -3.28. The van der Waals surface area contributed by atoms with E-state index < -0.39 is 5.97 Å². The van der Waals surface area contributed by atoms with Gasteiger partial charge in [-0.15, -0.1) is 0 Å². The number of hydrogen-bond donors (Lipinski definition) is 2. The van der Waals surface area contributed by atoms with Crippen LogP contribution in [0.1, 0.15) is 64.9 Å². The molecule has 0 radical (unpaired) electrons. The highest BCUT2D eigenvalue weighted by atomic mass is 16.5. The number of hydrogen-bond acceptors (Lipinski definition) is 3. The smallest absolute Gasteiger partial charge is 0.331 e. The van der Waals surface area contributed by atoms with Crippen LogP contribution in [-0.4, -0.2) is 37.3 Å². The molecule has 34 heavy (non-hydrogen) atoms. The van der Waals surface area contributed by atoms with Gasteiger partial charge in [-0.25, -0.2) is 9.59 Å². The van der Waals surface area contributed by atoms with Crippen LogP contribution in [0.3, 0.4) is 0 Å². The predicted octanol–water partition coefficient (Wildman–Crippen LogP) is 6.75. The van der Waals surface area contributed by atoms with Crippen LogP contribution in [-0.2, 0) is 4.79 Å². The summed E-state index contributed by atoms with van der Waals surface area (Å²) in [7, 11) is 1.77. The van der Waals surface area contributed by atoms with Gasteiger partial charge in [0.25, 0.3) is 0 Å². The van der Waals surface area contributed by atoms with Gasteiger partial charge in [0.05, 0.1) is 6.61 Å². The minimum absolute atomic E-state index is 0.125. The molecule has 0 fully saturated rings. The lowest BCUT2D eigenvalue weighted by atomic mass is 10.0. The second-order valence-electron chi connectivity index (χ2n) is 8.49. The molecule has 0 aliphatic carbocycles. The third-order valence-electron chi connectivity index (χ3n) is 5.59. The van der Waals surface area contributed by atoms with Gasteiger partial charge < -0.3 is 15.2 Å². The molecule has 2 rings (SSSR count). The quantitative estimate of drug-likeness (QED) is 0.253. The SMILES string of the molecule is CCCCCCCNC(=O)N(C)c1cccc(-c2ccc(C=C(C)C(=O)O)cc2OCCC)c1. The molecule has 6 heteroatoms. The largest absolute Gasteiger partial charge is 0.493 e. The van der Waals surface area contributed by atoms with Crippen molar-refractivity contribution >= 4 is 23.8 Å². The second kappa shape index (κ2) is 14.1. The van der Waals surface area contributed by atoms with E-state index >= 15 is 0 Å². The standard InChI is InChI=1S/C28H38N2O4/c1-5-7-8-9-10-16-29-28(33)30(4)24-13-11-12-23(20-24)25-15-14-22(18-21(3)27(31)32)19-26(25)34-17-6-2/h11-15,18-20H,5-10,16-17H2,1-4H3,(H,29,33)(H,31,32). The number of nitrogens with one attached hydrogen (secondary N) is 1. The van der Waals surface area contributed by atoms with Gasteiger partial charge in [0.15, 0.2) is 0 Å². The summed E-state index contributed by atoms with van der Waals surface area (Å²) in [6.45, 7) is 7.02. The first-order chi connectivity index (χ1) is 16.4. The van der Waals surface area contributed by atoms with E-state index in [1.165, 1.54) is 19.3 Å². The zero-order valence-corrected chi connectivity index (χ0v) is 20.9. The average Bonchev–Trinajstić information content (AvgIpc) is 2.84. The van der Waals surface area contributed by atoms with Gasteiger partial charge in [-0.1, -0.05) is 63.8 Å². The number of carbonyl (C=O) groups excluding carboxylic acids is 1. The van der Waals surface area contributed by atoms with Gasteiger partial charge in [0, 0.05) is 30.4 Å². The van der Waals surface area contributed by atoms with Crippen LogP contribution >= 0.6 is 0 Å². The molecule has 0 atom stereocenters. The number of benzene rings is 2. The molecular weight excluding hydrogens is 428 g/mol. The molecule has 0 aliphatic heterocycles. The van der Waals surface area contributed by atoms with E-state index in [0.29, 0.717) is 18.9 Å². The third kappa shape index (κ3) is 8.25. The van der Waals surface area contributed by atoms with Gasteiger partial charge in [0.2, 0.25) is 0 Å². The van der Waals surface area contributed by atoms with Gasteiger partial charge in [-0.3, -0.25) is 4.90 Å². The van der Waals surface area contributed by atoms with Crippen LogP contribution in [0.2, 0.25) is 0 Å². The van der Waals surface area contributed by atoms with Gasteiger partial charge >= 0.3 is 12.0 Å². The van der Waals surface area contributed by atoms with Crippen molar-refractivity contribution in [3.05, 3.63) is 53.6 Å². The molecule has 0 bridgehead atoms. The molecule has 2 N–H and O–H groups in total. The molecule has 0 saturated carbocycles. The molecular formula is C28H38N2O4. The predicted molar refractivity (Wildman–Crippen MR) is 140 cm³/mol. The van der Waals surface area contributed by atoms with Gasteiger partial charge in [-0.05, 0) is 55.2 Å². The number of ether oxygens (including phenoxy) is 1. The van der Waals surface area contributed by atoms with Crippen LogP contribution in [0.15, 0.2) is 48.0 Å². The highest BCUT2D eigenvalue weighted by molar-refractivity contribution is 5.93. The van der Waals surface area contributed by atoms with Crippen molar-refractivity contribution in [2.45, 2.75) is 59.3 Å². The number of urea groups is 1. The summed E-state index contributed by atoms with van der Waals surface area (Å²) in [6.07, 6.45) is 8.25. The normalized spacial score (nSPS) is 11.2. The second-order valence-corrected chi connectivity index (χ2v) is 8.49. The van der Waals surface area contributed by atoms with Gasteiger partial charge in [-0.2, -0.15) is 0 Å². The summed E-state index contributed by atoms with van der Waals surface area (Å²) < 4.78 is 6.00. The number of carboxylic acid groups (broad SMARTS) is 1. The molecule has 0 heterocycles. The Morgan fingerprint density at radius 1 is 1.03 bits per heavy atom. The first kappa shape index (κ1) is 27.0. The number of unbranched alkanes of at least 4 members (excludes halogenated alkanes) is 4. The minimum atomic E-state index is -0.949. The van der Waals surface area contributed by atoms with E-state index in [-0.39, 0.29) is 11.6 Å². The zero-order valence-electron chi connectivity index (χ0n) is 20.9. The molecule has 0 saturated heterocycles. The molecule has 0 unspecified atom stereocenters. The molecule has 0 spiro atoms. The van der Waals surface area contributed by atoms with Crippen LogP contribution < -0.4 is 15.0 Å². The molecule has 2 amide bonds. The first-order valence-corrected chi connectivity index (χ1v) is 12.2. The maximum absolute atomic E-state index is 12.6. The lowest BCUT2D eigenvalue weighted by Crippen LogP contribution is -2.37. The Balaban J connectivity index is 2.20. The molecule has 2 aromatic rings. The maximum Gasteiger partial charge on any atom is 0.331 e. The number of anilines is 1. The molecule has 0 aromatic heterocycles. The Kier molecular flexibility index (Phi) is 11.2. The summed E-state index contributed by atoms with van der Waals surface area (Å²) in [5.74, 6) is -0.264. The van der Waals surface area contributed by atoms with Crippen LogP contribution in [0, 0.1) is 0 Å². The van der Waals surface area contributed by atoms with Crippen molar-refractivity contribution in [1.82, 2.24) is 5.32 Å². The number of aliphatic carboxylic acids is 1. The Labute approximate surface area is 203 Å². The van der Waals surface area contributed by atoms with Crippen molar-refractivity contribution < 1.29 is 19.4 Å². The van der Waals surface area contributed by atoms with E-state index in [2.05, 4.69) is 12.2 Å². The summed E-state index contributed by atoms with van der Waals surface area (Å²) in [5, 5.41) is 12.2. The van der Waals surface area contributed by atoms with Crippen molar-refractivity contribution in [3.8, 4) is 16.9 Å². The number of amides is 2. The number of rotatable bonds is 13. The number of nitrogens with zero attached hydrogens (tertiary/aromatic N) is 1. The van der Waals surface area contributed by atoms with E-state index in [1.54, 1.807) is 24.9 Å². The number of carbonyl (C=O) groups is 2. The number of carboxylic acids is 1. The topological polar surface area (TPSA) is 78.9 Å². The Morgan fingerprint density at radius 3 is 2.50 bits per heavy atom. The minimum Gasteiger partial charge on any atom is -0.493 e. The van der Waals surface area contributed by atoms with E-state index in [4.69, 9.17) is 4.74 Å². The van der Waals surface area contributed by atoms with Crippen LogP contribution in [0.4, 0.5) is 10.5 Å². The summed E-state index contributed by atoms with van der Waals surface area (Å²) >= 11 is 0. The molecule has 0 aliphatic rings. The monoisotopic (exact) mass is 466 g/mol. The van der Waals surface area contributed by atoms with Gasteiger partial charge in [0.1, 0.15) is 5.75 Å². The molecule has 6 nitrogen and oxygen atoms in total. The van der Waals surface area contributed by atoms with E-state index in [1.807, 2.05) is 49.4 Å². The highest BCUT2D eigenvalue weighted by Crippen LogP contribution is 2.34. The Morgan fingerprint density at radius 2 is 1.79 bits per heavy atom. The zero-order chi connectivity index (χ0) is 24.9. The van der Waals surface area contributed by atoms with Crippen LogP contribution in [0.5, 0.6) is 5.75 Å². The fraction of sp³-hybridized carbons (Fsp3) is 0.429. The van der Waals surface area contributed by atoms with E-state index in [9.17, 15) is 14.7 Å². The molecule has 2 aromatic carbocycles. The van der Waals surface area contributed by atoms with Crippen molar-refractivity contribution in [3.63, 3.8) is 0 Å². The fourth-order valence-corrected chi connectivity index (χ4v) is 3.55. The van der Waals surface area contributed by atoms with Crippen molar-refractivity contribution in [2.24, 2.45) is 0 Å². The maximum atomic E-state index is 12.6. The summed E-state index contributed by atoms with van der Waals surface area (Å²) in [4.78, 5) is 25.4. The fourth-order valence-electron chi connectivity index (χ4n) is 3.55.